The maximum atomic E-state index is 10.9. The lowest BCUT2D eigenvalue weighted by molar-refractivity contribution is 0.0697. The summed E-state index contributed by atoms with van der Waals surface area (Å²) < 4.78 is 0. The number of benzene rings is 2. The van der Waals surface area contributed by atoms with E-state index in [1.54, 1.807) is 12.1 Å². The minimum atomic E-state index is -0.964. The van der Waals surface area contributed by atoms with Crippen molar-refractivity contribution in [3.8, 4) is 27.9 Å². The van der Waals surface area contributed by atoms with Crippen molar-refractivity contribution in [3.05, 3.63) is 65.0 Å². The van der Waals surface area contributed by atoms with E-state index in [1.807, 2.05) is 30.3 Å². The lowest BCUT2D eigenvalue weighted by Gasteiger charge is -1.98. The minimum absolute atomic E-state index is 0.226. The van der Waals surface area contributed by atoms with Gasteiger partial charge in [0.15, 0.2) is 0 Å². The van der Waals surface area contributed by atoms with Crippen LogP contribution in [0.25, 0.3) is 21.8 Å². The Morgan fingerprint density at radius 3 is 2.32 bits per heavy atom. The van der Waals surface area contributed by atoms with E-state index in [-0.39, 0.29) is 5.56 Å². The maximum Gasteiger partial charge on any atom is 0.335 e. The van der Waals surface area contributed by atoms with Crippen molar-refractivity contribution in [2.75, 3.05) is 0 Å². The molecule has 0 amide bonds. The predicted molar refractivity (Wildman–Crippen MR) is 84.7 cm³/mol. The first kappa shape index (κ1) is 14.0. The summed E-state index contributed by atoms with van der Waals surface area (Å²) in [5, 5.41) is 18.9. The third-order valence-electron chi connectivity index (χ3n) is 3.15. The molecule has 0 aliphatic carbocycles. The van der Waals surface area contributed by atoms with Gasteiger partial charge in [0.05, 0.1) is 11.3 Å². The molecule has 3 rings (SSSR count). The van der Waals surface area contributed by atoms with E-state index in [0.29, 0.717) is 15.6 Å². The molecule has 1 N–H and O–H groups in total. The van der Waals surface area contributed by atoms with Crippen LogP contribution in [-0.2, 0) is 0 Å². The van der Waals surface area contributed by atoms with Gasteiger partial charge in [-0.1, -0.05) is 42.5 Å². The van der Waals surface area contributed by atoms with Crippen molar-refractivity contribution in [2.45, 2.75) is 0 Å². The monoisotopic (exact) mass is 306 g/mol. The molecule has 0 saturated carbocycles. The van der Waals surface area contributed by atoms with Gasteiger partial charge in [-0.2, -0.15) is 5.26 Å². The molecular weight excluding hydrogens is 296 g/mol. The molecule has 0 unspecified atom stereocenters. The molecule has 0 radical (unpaired) electrons. The normalized spacial score (nSPS) is 10.1. The Kier molecular flexibility index (Phi) is 3.69. The van der Waals surface area contributed by atoms with Crippen molar-refractivity contribution in [3.63, 3.8) is 0 Å². The van der Waals surface area contributed by atoms with Crippen LogP contribution >= 0.6 is 11.3 Å². The number of thiazole rings is 1. The first-order valence-electron chi connectivity index (χ1n) is 6.49. The molecule has 0 fully saturated rings. The molecule has 1 aromatic heterocycles. The van der Waals surface area contributed by atoms with Gasteiger partial charge < -0.3 is 5.11 Å². The number of carbonyl (C=O) groups is 1. The van der Waals surface area contributed by atoms with Crippen LogP contribution in [0.15, 0.2) is 54.6 Å². The third kappa shape index (κ3) is 2.60. The summed E-state index contributed by atoms with van der Waals surface area (Å²) in [5.74, 6) is -0.964. The number of nitriles is 1. The fourth-order valence-electron chi connectivity index (χ4n) is 2.07. The summed E-state index contributed by atoms with van der Waals surface area (Å²) >= 11 is 1.30. The number of carboxylic acids is 1. The van der Waals surface area contributed by atoms with Gasteiger partial charge in [0.25, 0.3) is 0 Å². The first-order chi connectivity index (χ1) is 10.7. The van der Waals surface area contributed by atoms with Gasteiger partial charge >= 0.3 is 5.97 Å². The van der Waals surface area contributed by atoms with Crippen molar-refractivity contribution < 1.29 is 9.90 Å². The Balaban J connectivity index is 2.04. The van der Waals surface area contributed by atoms with Gasteiger partial charge in [-0.3, -0.25) is 0 Å². The van der Waals surface area contributed by atoms with Crippen molar-refractivity contribution in [1.29, 1.82) is 5.26 Å². The number of hydrogen-bond acceptors (Lipinski definition) is 4. The van der Waals surface area contributed by atoms with Crippen LogP contribution in [0.3, 0.4) is 0 Å². The molecule has 2 aromatic carbocycles. The van der Waals surface area contributed by atoms with Crippen LogP contribution in [-0.4, -0.2) is 16.1 Å². The molecule has 22 heavy (non-hydrogen) atoms. The summed E-state index contributed by atoms with van der Waals surface area (Å²) in [5.41, 5.74) is 2.58. The molecule has 3 aromatic rings. The summed E-state index contributed by atoms with van der Waals surface area (Å²) in [6, 6.07) is 18.2. The molecule has 0 saturated heterocycles. The van der Waals surface area contributed by atoms with Crippen molar-refractivity contribution >= 4 is 17.3 Å². The first-order valence-corrected chi connectivity index (χ1v) is 7.31. The van der Waals surface area contributed by atoms with Gasteiger partial charge in [-0.05, 0) is 12.1 Å². The number of hydrogen-bond donors (Lipinski definition) is 1. The highest BCUT2D eigenvalue weighted by Gasteiger charge is 2.14. The highest BCUT2D eigenvalue weighted by molar-refractivity contribution is 7.16. The van der Waals surface area contributed by atoms with Crippen LogP contribution < -0.4 is 0 Å². The molecular formula is C17H10N2O2S. The fourth-order valence-corrected chi connectivity index (χ4v) is 2.96. The zero-order valence-corrected chi connectivity index (χ0v) is 12.2. The zero-order valence-electron chi connectivity index (χ0n) is 11.4. The quantitative estimate of drug-likeness (QED) is 0.792. The minimum Gasteiger partial charge on any atom is -0.478 e. The van der Waals surface area contributed by atoms with E-state index in [2.05, 4.69) is 11.1 Å². The highest BCUT2D eigenvalue weighted by atomic mass is 32.1. The average molecular weight is 306 g/mol. The molecule has 0 bridgehead atoms. The summed E-state index contributed by atoms with van der Waals surface area (Å²) in [7, 11) is 0. The third-order valence-corrected chi connectivity index (χ3v) is 4.16. The molecule has 0 aliphatic heterocycles. The largest absolute Gasteiger partial charge is 0.478 e. The molecule has 4 nitrogen and oxygen atoms in total. The van der Waals surface area contributed by atoms with E-state index in [4.69, 9.17) is 5.11 Å². The molecule has 0 spiro atoms. The Morgan fingerprint density at radius 1 is 1.05 bits per heavy atom. The van der Waals surface area contributed by atoms with Gasteiger partial charge in [0, 0.05) is 11.1 Å². The Labute approximate surface area is 130 Å². The second-order valence-electron chi connectivity index (χ2n) is 4.56. The predicted octanol–water partition coefficient (Wildman–Crippen LogP) is 4.05. The highest BCUT2D eigenvalue weighted by Crippen LogP contribution is 2.33. The maximum absolute atomic E-state index is 10.9. The van der Waals surface area contributed by atoms with Crippen LogP contribution in [0.5, 0.6) is 0 Å². The van der Waals surface area contributed by atoms with Crippen LogP contribution in [0, 0.1) is 11.3 Å². The van der Waals surface area contributed by atoms with Crippen LogP contribution in [0.1, 0.15) is 15.2 Å². The topological polar surface area (TPSA) is 74.0 Å². The molecule has 5 heteroatoms. The van der Waals surface area contributed by atoms with E-state index in [9.17, 15) is 10.1 Å². The molecule has 0 aliphatic rings. The SMILES string of the molecule is N#Cc1sc(-c2ccc(C(=O)O)cc2)nc1-c1ccccc1. The Hall–Kier alpha value is -2.97. The fraction of sp³-hybridized carbons (Fsp3) is 0. The number of nitrogens with zero attached hydrogens (tertiary/aromatic N) is 2. The average Bonchev–Trinajstić information content (AvgIpc) is 3.00. The molecule has 1 heterocycles. The smallest absolute Gasteiger partial charge is 0.335 e. The number of rotatable bonds is 3. The number of aromatic carboxylic acids is 1. The van der Waals surface area contributed by atoms with Crippen LogP contribution in [0.4, 0.5) is 0 Å². The Bertz CT molecular complexity index is 862. The second kappa shape index (κ2) is 5.80. The van der Waals surface area contributed by atoms with E-state index in [0.717, 1.165) is 11.1 Å². The Morgan fingerprint density at radius 2 is 1.73 bits per heavy atom. The summed E-state index contributed by atoms with van der Waals surface area (Å²) in [6.07, 6.45) is 0. The van der Waals surface area contributed by atoms with E-state index in [1.165, 1.54) is 23.5 Å². The van der Waals surface area contributed by atoms with E-state index >= 15 is 0 Å². The second-order valence-corrected chi connectivity index (χ2v) is 5.56. The van der Waals surface area contributed by atoms with Crippen LogP contribution in [0.2, 0.25) is 0 Å². The molecule has 106 valence electrons. The summed E-state index contributed by atoms with van der Waals surface area (Å²) in [6.45, 7) is 0. The molecule has 0 atom stereocenters. The number of carboxylic acid groups (broad SMARTS) is 1. The lowest BCUT2D eigenvalue weighted by atomic mass is 10.1. The summed E-state index contributed by atoms with van der Waals surface area (Å²) in [4.78, 5) is 16.0. The standard InChI is InChI=1S/C17H10N2O2S/c18-10-14-15(11-4-2-1-3-5-11)19-16(22-14)12-6-8-13(9-7-12)17(20)21/h1-9H,(H,20,21). The van der Waals surface area contributed by atoms with Gasteiger partial charge in [0.1, 0.15) is 16.0 Å². The van der Waals surface area contributed by atoms with Gasteiger partial charge in [-0.25, -0.2) is 9.78 Å². The van der Waals surface area contributed by atoms with E-state index < -0.39 is 5.97 Å². The lowest BCUT2D eigenvalue weighted by Crippen LogP contribution is -1.94. The van der Waals surface area contributed by atoms with Gasteiger partial charge in [-0.15, -0.1) is 11.3 Å². The van der Waals surface area contributed by atoms with Gasteiger partial charge in [0.2, 0.25) is 0 Å². The number of aromatic nitrogens is 1. The van der Waals surface area contributed by atoms with Crippen molar-refractivity contribution in [2.24, 2.45) is 0 Å². The zero-order chi connectivity index (χ0) is 15.5. The van der Waals surface area contributed by atoms with Crippen molar-refractivity contribution in [1.82, 2.24) is 4.98 Å².